The van der Waals surface area contributed by atoms with Gasteiger partial charge in [-0.25, -0.2) is 8.42 Å². The number of nitrogens with zero attached hydrogens (tertiary/aromatic N) is 1. The van der Waals surface area contributed by atoms with Gasteiger partial charge in [-0.1, -0.05) is 46.9 Å². The summed E-state index contributed by atoms with van der Waals surface area (Å²) in [5.74, 6) is -0.530. The van der Waals surface area contributed by atoms with E-state index in [4.69, 9.17) is 34.8 Å². The number of nitrogens with one attached hydrogen (secondary N) is 1. The topological polar surface area (TPSA) is 66.5 Å². The predicted molar refractivity (Wildman–Crippen MR) is 122 cm³/mol. The Morgan fingerprint density at radius 1 is 0.900 bits per heavy atom. The van der Waals surface area contributed by atoms with E-state index in [9.17, 15) is 13.2 Å². The van der Waals surface area contributed by atoms with Crippen LogP contribution >= 0.6 is 34.8 Å². The molecule has 1 amide bonds. The van der Waals surface area contributed by atoms with E-state index in [1.54, 1.807) is 36.4 Å². The van der Waals surface area contributed by atoms with Crippen LogP contribution in [0.15, 0.2) is 71.6 Å². The van der Waals surface area contributed by atoms with Gasteiger partial charge in [0.25, 0.3) is 10.0 Å². The van der Waals surface area contributed by atoms with Crippen LogP contribution in [-0.2, 0) is 14.8 Å². The second kappa shape index (κ2) is 9.27. The Morgan fingerprint density at radius 2 is 1.53 bits per heavy atom. The normalized spacial score (nSPS) is 11.2. The third-order valence-electron chi connectivity index (χ3n) is 4.26. The first-order valence-electron chi connectivity index (χ1n) is 8.77. The minimum absolute atomic E-state index is 0.00129. The SMILES string of the molecule is Cc1ccc(Cl)cc1NC(=O)CN(c1cccc(Cl)c1)S(=O)(=O)c1ccc(Cl)cc1. The van der Waals surface area contributed by atoms with E-state index in [0.29, 0.717) is 20.8 Å². The van der Waals surface area contributed by atoms with Crippen LogP contribution in [0.2, 0.25) is 15.1 Å². The number of amides is 1. The zero-order valence-corrected chi connectivity index (χ0v) is 18.9. The molecule has 0 fully saturated rings. The average molecular weight is 484 g/mol. The number of carbonyl (C=O) groups is 1. The molecule has 0 saturated heterocycles. The Balaban J connectivity index is 1.96. The van der Waals surface area contributed by atoms with Crippen molar-refractivity contribution >= 4 is 62.1 Å². The lowest BCUT2D eigenvalue weighted by atomic mass is 10.2. The molecule has 0 radical (unpaired) electrons. The van der Waals surface area contributed by atoms with E-state index in [0.717, 1.165) is 9.87 Å². The first kappa shape index (κ1) is 22.4. The number of sulfonamides is 1. The van der Waals surface area contributed by atoms with Gasteiger partial charge in [-0.3, -0.25) is 9.10 Å². The molecule has 0 aromatic heterocycles. The average Bonchev–Trinajstić information content (AvgIpc) is 2.69. The van der Waals surface area contributed by atoms with Crippen molar-refractivity contribution in [2.45, 2.75) is 11.8 Å². The molecular weight excluding hydrogens is 467 g/mol. The molecule has 0 heterocycles. The van der Waals surface area contributed by atoms with Gasteiger partial charge in [-0.2, -0.15) is 0 Å². The van der Waals surface area contributed by atoms with E-state index in [1.807, 2.05) is 6.92 Å². The highest BCUT2D eigenvalue weighted by molar-refractivity contribution is 7.92. The highest BCUT2D eigenvalue weighted by Gasteiger charge is 2.27. The summed E-state index contributed by atoms with van der Waals surface area (Å²) >= 11 is 17.9. The van der Waals surface area contributed by atoms with Crippen LogP contribution in [0, 0.1) is 6.92 Å². The molecule has 0 bridgehead atoms. The molecule has 0 unspecified atom stereocenters. The zero-order valence-electron chi connectivity index (χ0n) is 15.8. The highest BCUT2D eigenvalue weighted by Crippen LogP contribution is 2.27. The Bertz CT molecular complexity index is 1180. The van der Waals surface area contributed by atoms with Gasteiger partial charge in [-0.05, 0) is 67.1 Å². The first-order valence-corrected chi connectivity index (χ1v) is 11.3. The maximum absolute atomic E-state index is 13.3. The van der Waals surface area contributed by atoms with E-state index in [-0.39, 0.29) is 10.6 Å². The fraction of sp³-hybridized carbons (Fsp3) is 0.0952. The number of carbonyl (C=O) groups excluding carboxylic acids is 1. The van der Waals surface area contributed by atoms with Crippen LogP contribution < -0.4 is 9.62 Å². The maximum Gasteiger partial charge on any atom is 0.264 e. The molecule has 0 spiro atoms. The Morgan fingerprint density at radius 3 is 2.20 bits per heavy atom. The Labute approximate surface area is 190 Å². The second-order valence-electron chi connectivity index (χ2n) is 6.45. The van der Waals surface area contributed by atoms with Crippen molar-refractivity contribution in [2.24, 2.45) is 0 Å². The molecule has 0 aliphatic carbocycles. The number of halogens is 3. The summed E-state index contributed by atoms with van der Waals surface area (Å²) in [5.41, 5.74) is 1.56. The van der Waals surface area contributed by atoms with Gasteiger partial charge in [-0.15, -0.1) is 0 Å². The smallest absolute Gasteiger partial charge is 0.264 e. The fourth-order valence-corrected chi connectivity index (χ4v) is 4.62. The molecule has 1 N–H and O–H groups in total. The van der Waals surface area contributed by atoms with Crippen molar-refractivity contribution in [3.05, 3.63) is 87.4 Å². The summed E-state index contributed by atoms with van der Waals surface area (Å²) < 4.78 is 27.6. The molecule has 30 heavy (non-hydrogen) atoms. The summed E-state index contributed by atoms with van der Waals surface area (Å²) in [7, 11) is -4.06. The minimum Gasteiger partial charge on any atom is -0.324 e. The highest BCUT2D eigenvalue weighted by atomic mass is 35.5. The summed E-state index contributed by atoms with van der Waals surface area (Å²) in [5, 5.41) is 3.91. The maximum atomic E-state index is 13.3. The lowest BCUT2D eigenvalue weighted by Gasteiger charge is -2.24. The summed E-state index contributed by atoms with van der Waals surface area (Å²) in [6, 6.07) is 17.1. The predicted octanol–water partition coefficient (Wildman–Crippen LogP) is 5.79. The van der Waals surface area contributed by atoms with Gasteiger partial charge < -0.3 is 5.32 Å². The first-order chi connectivity index (χ1) is 14.2. The van der Waals surface area contributed by atoms with E-state index >= 15 is 0 Å². The van der Waals surface area contributed by atoms with Gasteiger partial charge in [0.05, 0.1) is 10.6 Å². The lowest BCUT2D eigenvalue weighted by Crippen LogP contribution is -2.38. The van der Waals surface area contributed by atoms with E-state index in [2.05, 4.69) is 5.32 Å². The molecule has 0 aliphatic rings. The molecule has 3 aromatic rings. The fourth-order valence-electron chi connectivity index (χ4n) is 2.73. The number of rotatable bonds is 6. The summed E-state index contributed by atoms with van der Waals surface area (Å²) in [6.45, 7) is 1.35. The van der Waals surface area contributed by atoms with Gasteiger partial charge in [0.2, 0.25) is 5.91 Å². The third kappa shape index (κ3) is 5.26. The molecule has 0 atom stereocenters. The summed E-state index contributed by atoms with van der Waals surface area (Å²) in [4.78, 5) is 12.8. The number of hydrogen-bond donors (Lipinski definition) is 1. The standard InChI is InChI=1S/C21H17Cl3N2O3S/c1-14-5-6-17(24)12-20(14)25-21(27)13-26(18-4-2-3-16(23)11-18)30(28,29)19-9-7-15(22)8-10-19/h2-12H,13H2,1H3,(H,25,27). The van der Waals surface area contributed by atoms with Gasteiger partial charge in [0.15, 0.2) is 0 Å². The third-order valence-corrected chi connectivity index (χ3v) is 6.77. The van der Waals surface area contributed by atoms with E-state index < -0.39 is 22.5 Å². The molecule has 3 aromatic carbocycles. The van der Waals surface area contributed by atoms with Crippen LogP contribution in [0.5, 0.6) is 0 Å². The monoisotopic (exact) mass is 482 g/mol. The zero-order chi connectivity index (χ0) is 21.9. The van der Waals surface area contributed by atoms with Crippen molar-refractivity contribution in [1.82, 2.24) is 0 Å². The molecule has 0 aliphatic heterocycles. The van der Waals surface area contributed by atoms with Crippen LogP contribution in [-0.4, -0.2) is 20.9 Å². The molecule has 9 heteroatoms. The van der Waals surface area contributed by atoms with Crippen LogP contribution in [0.25, 0.3) is 0 Å². The van der Waals surface area contributed by atoms with Gasteiger partial charge in [0.1, 0.15) is 6.54 Å². The van der Waals surface area contributed by atoms with Crippen molar-refractivity contribution in [2.75, 3.05) is 16.2 Å². The van der Waals surface area contributed by atoms with E-state index in [1.165, 1.54) is 30.3 Å². The lowest BCUT2D eigenvalue weighted by molar-refractivity contribution is -0.114. The number of hydrogen-bond acceptors (Lipinski definition) is 3. The summed E-state index contributed by atoms with van der Waals surface area (Å²) in [6.07, 6.45) is 0. The molecule has 0 saturated carbocycles. The minimum atomic E-state index is -4.06. The van der Waals surface area contributed by atoms with Crippen molar-refractivity contribution in [3.63, 3.8) is 0 Å². The molecule has 5 nitrogen and oxygen atoms in total. The van der Waals surface area contributed by atoms with Crippen molar-refractivity contribution < 1.29 is 13.2 Å². The molecule has 3 rings (SSSR count). The van der Waals surface area contributed by atoms with Gasteiger partial charge >= 0.3 is 0 Å². The quantitative estimate of drug-likeness (QED) is 0.482. The number of anilines is 2. The molecular formula is C21H17Cl3N2O3S. The van der Waals surface area contributed by atoms with Gasteiger partial charge in [0, 0.05) is 20.8 Å². The number of benzene rings is 3. The Kier molecular flexibility index (Phi) is 6.93. The Hall–Kier alpha value is -2.25. The van der Waals surface area contributed by atoms with Crippen LogP contribution in [0.1, 0.15) is 5.56 Å². The number of aryl methyl sites for hydroxylation is 1. The molecule has 156 valence electrons. The van der Waals surface area contributed by atoms with Crippen LogP contribution in [0.4, 0.5) is 11.4 Å². The van der Waals surface area contributed by atoms with Crippen molar-refractivity contribution in [3.8, 4) is 0 Å². The largest absolute Gasteiger partial charge is 0.324 e. The second-order valence-corrected chi connectivity index (χ2v) is 9.62. The van der Waals surface area contributed by atoms with Crippen LogP contribution in [0.3, 0.4) is 0 Å². The van der Waals surface area contributed by atoms with Crippen molar-refractivity contribution in [1.29, 1.82) is 0 Å².